The van der Waals surface area contributed by atoms with Gasteiger partial charge >= 0.3 is 0 Å². The Bertz CT molecular complexity index is 1000. The van der Waals surface area contributed by atoms with E-state index in [0.29, 0.717) is 23.7 Å². The number of hydrogen-bond acceptors (Lipinski definition) is 4. The molecule has 1 amide bonds. The summed E-state index contributed by atoms with van der Waals surface area (Å²) in [5.41, 5.74) is 3.94. The summed E-state index contributed by atoms with van der Waals surface area (Å²) in [5, 5.41) is 6.18. The van der Waals surface area contributed by atoms with Gasteiger partial charge in [0.25, 0.3) is 5.91 Å². The summed E-state index contributed by atoms with van der Waals surface area (Å²) in [6.45, 7) is 2.45. The lowest BCUT2D eigenvalue weighted by Crippen LogP contribution is -2.17. The van der Waals surface area contributed by atoms with Crippen molar-refractivity contribution >= 4 is 45.5 Å². The molecule has 27 heavy (non-hydrogen) atoms. The van der Waals surface area contributed by atoms with Crippen LogP contribution in [0.25, 0.3) is 10.8 Å². The van der Waals surface area contributed by atoms with Crippen LogP contribution in [-0.4, -0.2) is 25.8 Å². The van der Waals surface area contributed by atoms with Crippen LogP contribution in [0.1, 0.15) is 22.8 Å². The highest BCUT2D eigenvalue weighted by molar-refractivity contribution is 14.1. The fraction of sp³-hybridized carbons (Fsp3) is 0.143. The number of benzene rings is 3. The lowest BCUT2D eigenvalue weighted by Gasteiger charge is -2.11. The zero-order valence-electron chi connectivity index (χ0n) is 15.0. The fourth-order valence-electron chi connectivity index (χ4n) is 2.68. The van der Waals surface area contributed by atoms with Gasteiger partial charge in [0.1, 0.15) is 0 Å². The molecule has 0 radical (unpaired) electrons. The van der Waals surface area contributed by atoms with Crippen LogP contribution in [0.2, 0.25) is 0 Å². The molecule has 0 saturated heterocycles. The number of nitrogens with zero attached hydrogens (tertiary/aromatic N) is 1. The third-order valence-electron chi connectivity index (χ3n) is 3.93. The van der Waals surface area contributed by atoms with Crippen molar-refractivity contribution in [2.75, 3.05) is 13.7 Å². The van der Waals surface area contributed by atoms with E-state index in [9.17, 15) is 4.79 Å². The van der Waals surface area contributed by atoms with E-state index < -0.39 is 0 Å². The van der Waals surface area contributed by atoms with E-state index in [1.54, 1.807) is 19.4 Å². The topological polar surface area (TPSA) is 59.9 Å². The van der Waals surface area contributed by atoms with E-state index >= 15 is 0 Å². The molecule has 0 aromatic heterocycles. The minimum atomic E-state index is -0.259. The summed E-state index contributed by atoms with van der Waals surface area (Å²) in [4.78, 5) is 12.3. The number of carbonyl (C=O) groups excluding carboxylic acids is 1. The molecule has 3 rings (SSSR count). The van der Waals surface area contributed by atoms with Crippen molar-refractivity contribution < 1.29 is 14.3 Å². The number of hydrogen-bond donors (Lipinski definition) is 1. The molecular formula is C21H19IN2O3. The Morgan fingerprint density at radius 1 is 1.15 bits per heavy atom. The van der Waals surface area contributed by atoms with Crippen LogP contribution < -0.4 is 14.9 Å². The number of amides is 1. The van der Waals surface area contributed by atoms with E-state index in [-0.39, 0.29) is 5.91 Å². The van der Waals surface area contributed by atoms with Crippen LogP contribution in [0.4, 0.5) is 0 Å². The van der Waals surface area contributed by atoms with Crippen LogP contribution in [-0.2, 0) is 0 Å². The highest BCUT2D eigenvalue weighted by Gasteiger charge is 2.10. The summed E-state index contributed by atoms with van der Waals surface area (Å²) in [6.07, 6.45) is 1.59. The molecule has 0 spiro atoms. The summed E-state index contributed by atoms with van der Waals surface area (Å²) in [5.74, 6) is 1.08. The molecule has 0 saturated carbocycles. The first-order valence-electron chi connectivity index (χ1n) is 8.45. The first-order chi connectivity index (χ1) is 13.1. The van der Waals surface area contributed by atoms with E-state index in [0.717, 1.165) is 19.9 Å². The number of hydrazone groups is 1. The Morgan fingerprint density at radius 3 is 2.67 bits per heavy atom. The van der Waals surface area contributed by atoms with Crippen molar-refractivity contribution in [1.29, 1.82) is 0 Å². The molecule has 6 heteroatoms. The van der Waals surface area contributed by atoms with Crippen LogP contribution >= 0.6 is 22.6 Å². The molecule has 0 aliphatic carbocycles. The van der Waals surface area contributed by atoms with Crippen molar-refractivity contribution in [3.8, 4) is 11.5 Å². The number of halogens is 1. The van der Waals surface area contributed by atoms with Crippen molar-refractivity contribution in [3.63, 3.8) is 0 Å². The number of fused-ring (bicyclic) bond motifs is 1. The summed E-state index contributed by atoms with van der Waals surface area (Å²) >= 11 is 2.18. The molecule has 5 nitrogen and oxygen atoms in total. The molecule has 1 N–H and O–H groups in total. The van der Waals surface area contributed by atoms with Gasteiger partial charge in [-0.3, -0.25) is 4.79 Å². The highest BCUT2D eigenvalue weighted by Crippen LogP contribution is 2.33. The van der Waals surface area contributed by atoms with Crippen LogP contribution in [0, 0.1) is 3.57 Å². The van der Waals surface area contributed by atoms with Gasteiger partial charge in [-0.2, -0.15) is 5.10 Å². The third-order valence-corrected chi connectivity index (χ3v) is 4.73. The minimum absolute atomic E-state index is 0.259. The number of ether oxygens (including phenoxy) is 2. The van der Waals surface area contributed by atoms with E-state index in [1.807, 2.05) is 55.5 Å². The average molecular weight is 474 g/mol. The number of nitrogens with one attached hydrogen (secondary N) is 1. The predicted molar refractivity (Wildman–Crippen MR) is 116 cm³/mol. The maximum Gasteiger partial charge on any atom is 0.271 e. The molecule has 0 aliphatic rings. The van der Waals surface area contributed by atoms with Crippen molar-refractivity contribution in [2.24, 2.45) is 5.10 Å². The standard InChI is InChI=1S/C21H19IN2O3/c1-3-27-19-11-14(10-18(22)20(19)26-2)13-23-24-21(25)17-9-8-15-6-4-5-7-16(15)12-17/h4-13H,3H2,1-2H3,(H,24,25)/b23-13-. The molecule has 3 aromatic carbocycles. The van der Waals surface area contributed by atoms with Crippen molar-refractivity contribution in [2.45, 2.75) is 6.92 Å². The van der Waals surface area contributed by atoms with E-state index in [4.69, 9.17) is 9.47 Å². The third kappa shape index (κ3) is 4.57. The second-order valence-corrected chi connectivity index (χ2v) is 6.89. The van der Waals surface area contributed by atoms with Gasteiger partial charge in [-0.15, -0.1) is 0 Å². The van der Waals surface area contributed by atoms with Crippen LogP contribution in [0.15, 0.2) is 59.7 Å². The zero-order chi connectivity index (χ0) is 19.2. The fourth-order valence-corrected chi connectivity index (χ4v) is 3.53. The maximum atomic E-state index is 12.3. The second kappa shape index (κ2) is 8.85. The largest absolute Gasteiger partial charge is 0.492 e. The maximum absolute atomic E-state index is 12.3. The van der Waals surface area contributed by atoms with Crippen LogP contribution in [0.3, 0.4) is 0 Å². The average Bonchev–Trinajstić information content (AvgIpc) is 2.67. The smallest absolute Gasteiger partial charge is 0.271 e. The SMILES string of the molecule is CCOc1cc(/C=N\NC(=O)c2ccc3ccccc3c2)cc(I)c1OC. The summed E-state index contributed by atoms with van der Waals surface area (Å²) in [6, 6.07) is 17.2. The quantitative estimate of drug-likeness (QED) is 0.323. The van der Waals surface area contributed by atoms with Crippen molar-refractivity contribution in [3.05, 3.63) is 69.3 Å². The van der Waals surface area contributed by atoms with Gasteiger partial charge in [-0.25, -0.2) is 5.43 Å². The lowest BCUT2D eigenvalue weighted by molar-refractivity contribution is 0.0955. The summed E-state index contributed by atoms with van der Waals surface area (Å²) < 4.78 is 11.9. The van der Waals surface area contributed by atoms with Gasteiger partial charge in [-0.05, 0) is 70.1 Å². The molecule has 0 aliphatic heterocycles. The molecule has 0 unspecified atom stereocenters. The van der Waals surface area contributed by atoms with Gasteiger partial charge in [-0.1, -0.05) is 30.3 Å². The molecular weight excluding hydrogens is 455 g/mol. The first kappa shape index (κ1) is 19.2. The zero-order valence-corrected chi connectivity index (χ0v) is 17.2. The molecule has 3 aromatic rings. The molecule has 0 fully saturated rings. The van der Waals surface area contributed by atoms with E-state index in [2.05, 4.69) is 33.1 Å². The Kier molecular flexibility index (Phi) is 6.28. The molecule has 138 valence electrons. The lowest BCUT2D eigenvalue weighted by atomic mass is 10.1. The van der Waals surface area contributed by atoms with Gasteiger partial charge in [0, 0.05) is 5.56 Å². The minimum Gasteiger partial charge on any atom is -0.492 e. The first-order valence-corrected chi connectivity index (χ1v) is 9.52. The van der Waals surface area contributed by atoms with Crippen molar-refractivity contribution in [1.82, 2.24) is 5.43 Å². The number of carbonyl (C=O) groups is 1. The Morgan fingerprint density at radius 2 is 1.93 bits per heavy atom. The van der Waals surface area contributed by atoms with Gasteiger partial charge in [0.15, 0.2) is 11.5 Å². The van der Waals surface area contributed by atoms with E-state index in [1.165, 1.54) is 0 Å². The summed E-state index contributed by atoms with van der Waals surface area (Å²) in [7, 11) is 1.61. The molecule has 0 heterocycles. The Labute approximate surface area is 171 Å². The predicted octanol–water partition coefficient (Wildman–Crippen LogP) is 4.62. The molecule has 0 bridgehead atoms. The van der Waals surface area contributed by atoms with Gasteiger partial charge in [0.05, 0.1) is 23.5 Å². The number of methoxy groups -OCH3 is 1. The second-order valence-electron chi connectivity index (χ2n) is 5.73. The highest BCUT2D eigenvalue weighted by atomic mass is 127. The van der Waals surface area contributed by atoms with Gasteiger partial charge in [0.2, 0.25) is 0 Å². The Hall–Kier alpha value is -2.61. The molecule has 0 atom stereocenters. The number of rotatable bonds is 6. The monoisotopic (exact) mass is 474 g/mol. The van der Waals surface area contributed by atoms with Crippen LogP contribution in [0.5, 0.6) is 11.5 Å². The van der Waals surface area contributed by atoms with Gasteiger partial charge < -0.3 is 9.47 Å². The Balaban J connectivity index is 1.75. The normalized spacial score (nSPS) is 10.9.